The number of anilines is 1. The summed E-state index contributed by atoms with van der Waals surface area (Å²) in [7, 11) is 0. The molecule has 0 radical (unpaired) electrons. The van der Waals surface area contributed by atoms with Crippen LogP contribution in [-0.2, 0) is 11.3 Å². The summed E-state index contributed by atoms with van der Waals surface area (Å²) >= 11 is 1.57. The fraction of sp³-hybridized carbons (Fsp3) is 0.300. The number of carbonyl (C=O) groups is 1. The molecule has 10 heteroatoms. The zero-order chi connectivity index (χ0) is 21.0. The van der Waals surface area contributed by atoms with E-state index in [1.165, 1.54) is 9.08 Å². The normalized spacial score (nSPS) is 13.2. The van der Waals surface area contributed by atoms with E-state index < -0.39 is 5.69 Å². The van der Waals surface area contributed by atoms with Gasteiger partial charge in [-0.1, -0.05) is 0 Å². The topological polar surface area (TPSA) is 99.8 Å². The van der Waals surface area contributed by atoms with E-state index in [1.54, 1.807) is 36.5 Å². The minimum absolute atomic E-state index is 0.210. The zero-order valence-electron chi connectivity index (χ0n) is 16.7. The second-order valence-electron chi connectivity index (χ2n) is 7.13. The van der Waals surface area contributed by atoms with Crippen LogP contribution in [-0.4, -0.2) is 38.3 Å². The van der Waals surface area contributed by atoms with Crippen molar-refractivity contribution in [2.75, 3.05) is 18.5 Å². The number of hydrogen-bond acceptors (Lipinski definition) is 7. The molecular formula is C20H19N5O4S. The predicted molar refractivity (Wildman–Crippen MR) is 113 cm³/mol. The maximum Gasteiger partial charge on any atom is 0.352 e. The Labute approximate surface area is 174 Å². The van der Waals surface area contributed by atoms with Crippen molar-refractivity contribution >= 4 is 38.8 Å². The van der Waals surface area contributed by atoms with Crippen molar-refractivity contribution < 1.29 is 14.3 Å². The molecule has 0 saturated carbocycles. The number of aryl methyl sites for hydroxylation is 3. The molecule has 0 aliphatic carbocycles. The van der Waals surface area contributed by atoms with Crippen molar-refractivity contribution in [3.8, 4) is 11.5 Å². The fourth-order valence-corrected chi connectivity index (χ4v) is 4.64. The molecule has 30 heavy (non-hydrogen) atoms. The lowest BCUT2D eigenvalue weighted by Gasteiger charge is -2.18. The van der Waals surface area contributed by atoms with Crippen LogP contribution in [0.1, 0.15) is 16.3 Å². The molecule has 0 atom stereocenters. The van der Waals surface area contributed by atoms with Gasteiger partial charge in [0.25, 0.3) is 0 Å². The van der Waals surface area contributed by atoms with Crippen LogP contribution in [0.2, 0.25) is 0 Å². The molecule has 9 nitrogen and oxygen atoms in total. The lowest BCUT2D eigenvalue weighted by atomic mass is 10.2. The summed E-state index contributed by atoms with van der Waals surface area (Å²) in [5.41, 5.74) is 1.74. The van der Waals surface area contributed by atoms with Crippen LogP contribution in [0.5, 0.6) is 11.5 Å². The number of benzene rings is 1. The largest absolute Gasteiger partial charge is 0.486 e. The maximum atomic E-state index is 12.9. The molecule has 4 aromatic rings. The van der Waals surface area contributed by atoms with Crippen LogP contribution < -0.4 is 20.5 Å². The van der Waals surface area contributed by atoms with Gasteiger partial charge in [-0.05, 0) is 38.5 Å². The third-order valence-corrected chi connectivity index (χ3v) is 6.24. The Morgan fingerprint density at radius 1 is 1.20 bits per heavy atom. The van der Waals surface area contributed by atoms with E-state index in [2.05, 4.69) is 15.4 Å². The van der Waals surface area contributed by atoms with Crippen molar-refractivity contribution in [2.24, 2.45) is 0 Å². The molecule has 4 heterocycles. The highest BCUT2D eigenvalue weighted by Gasteiger charge is 2.19. The Bertz CT molecular complexity index is 1380. The lowest BCUT2D eigenvalue weighted by molar-refractivity contribution is -0.117. The number of nitrogens with zero attached hydrogens (tertiary/aromatic N) is 4. The van der Waals surface area contributed by atoms with E-state index in [0.717, 1.165) is 20.7 Å². The van der Waals surface area contributed by atoms with Crippen LogP contribution in [0, 0.1) is 20.8 Å². The van der Waals surface area contributed by atoms with E-state index in [1.807, 2.05) is 13.8 Å². The van der Waals surface area contributed by atoms with Gasteiger partial charge >= 0.3 is 5.69 Å². The molecule has 1 amide bonds. The highest BCUT2D eigenvalue weighted by atomic mass is 32.1. The number of nitrogens with one attached hydrogen (secondary N) is 1. The first-order valence-electron chi connectivity index (χ1n) is 9.48. The first-order chi connectivity index (χ1) is 14.4. The summed E-state index contributed by atoms with van der Waals surface area (Å²) in [5, 5.41) is 8.09. The van der Waals surface area contributed by atoms with Crippen LogP contribution in [0.4, 0.5) is 5.69 Å². The van der Waals surface area contributed by atoms with Gasteiger partial charge in [-0.15, -0.1) is 16.4 Å². The highest BCUT2D eigenvalue weighted by Crippen LogP contribution is 2.33. The Hall–Kier alpha value is -3.40. The summed E-state index contributed by atoms with van der Waals surface area (Å²) < 4.78 is 13.6. The van der Waals surface area contributed by atoms with Gasteiger partial charge in [0.2, 0.25) is 5.91 Å². The van der Waals surface area contributed by atoms with Gasteiger partial charge in [-0.2, -0.15) is 0 Å². The van der Waals surface area contributed by atoms with Crippen LogP contribution in [0.25, 0.3) is 15.9 Å². The first-order valence-corrected chi connectivity index (χ1v) is 10.3. The molecule has 0 saturated heterocycles. The molecule has 3 aromatic heterocycles. The number of carbonyl (C=O) groups excluding carboxylic acids is 1. The predicted octanol–water partition coefficient (Wildman–Crippen LogP) is 2.44. The van der Waals surface area contributed by atoms with Gasteiger partial charge in [0.15, 0.2) is 17.1 Å². The van der Waals surface area contributed by atoms with Gasteiger partial charge in [-0.25, -0.2) is 18.9 Å². The quantitative estimate of drug-likeness (QED) is 0.541. The van der Waals surface area contributed by atoms with Crippen molar-refractivity contribution in [1.29, 1.82) is 0 Å². The molecule has 154 valence electrons. The van der Waals surface area contributed by atoms with Crippen LogP contribution in [0.15, 0.2) is 23.0 Å². The Morgan fingerprint density at radius 3 is 2.77 bits per heavy atom. The second-order valence-corrected chi connectivity index (χ2v) is 8.33. The molecule has 0 unspecified atom stereocenters. The second kappa shape index (κ2) is 6.84. The van der Waals surface area contributed by atoms with E-state index in [4.69, 9.17) is 9.47 Å². The van der Waals surface area contributed by atoms with Gasteiger partial charge in [0, 0.05) is 16.6 Å². The molecule has 0 bridgehead atoms. The van der Waals surface area contributed by atoms with Gasteiger partial charge in [0.05, 0.1) is 5.39 Å². The summed E-state index contributed by atoms with van der Waals surface area (Å²) in [4.78, 5) is 32.0. The van der Waals surface area contributed by atoms with Gasteiger partial charge < -0.3 is 14.8 Å². The van der Waals surface area contributed by atoms with Crippen molar-refractivity contribution in [1.82, 2.24) is 19.2 Å². The minimum atomic E-state index is -0.391. The van der Waals surface area contributed by atoms with Gasteiger partial charge in [-0.3, -0.25) is 4.79 Å². The van der Waals surface area contributed by atoms with Crippen molar-refractivity contribution in [3.05, 3.63) is 44.9 Å². The molecule has 5 rings (SSSR count). The smallest absolute Gasteiger partial charge is 0.352 e. The lowest BCUT2D eigenvalue weighted by Crippen LogP contribution is -2.29. The fourth-order valence-electron chi connectivity index (χ4n) is 3.57. The number of hydrogen-bond donors (Lipinski definition) is 1. The average Bonchev–Trinajstić information content (AvgIpc) is 3.18. The Balaban J connectivity index is 1.47. The monoisotopic (exact) mass is 425 g/mol. The number of ether oxygens (including phenoxy) is 2. The number of fused-ring (bicyclic) bond motifs is 4. The molecule has 1 aromatic carbocycles. The van der Waals surface area contributed by atoms with E-state index in [9.17, 15) is 9.59 Å². The molecule has 0 fully saturated rings. The summed E-state index contributed by atoms with van der Waals surface area (Å²) in [6.07, 6.45) is 0. The molecule has 0 spiro atoms. The SMILES string of the molecule is Cc1sc2nc(C)n3c(=O)n(CC(=O)Nc4ccc5c(c4)OCCO5)nc3c2c1C. The number of aromatic nitrogens is 4. The average molecular weight is 425 g/mol. The third kappa shape index (κ3) is 2.91. The van der Waals surface area contributed by atoms with Crippen LogP contribution >= 0.6 is 11.3 Å². The summed E-state index contributed by atoms with van der Waals surface area (Å²) in [6.45, 7) is 6.52. The zero-order valence-corrected chi connectivity index (χ0v) is 17.5. The van der Waals surface area contributed by atoms with E-state index >= 15 is 0 Å². The number of thiophene rings is 1. The third-order valence-electron chi connectivity index (χ3n) is 5.14. The highest BCUT2D eigenvalue weighted by molar-refractivity contribution is 7.18. The Morgan fingerprint density at radius 2 is 1.97 bits per heavy atom. The number of rotatable bonds is 3. The molecule has 1 aliphatic heterocycles. The molecule has 1 N–H and O–H groups in total. The number of amides is 1. The molecular weight excluding hydrogens is 406 g/mol. The summed E-state index contributed by atoms with van der Waals surface area (Å²) in [5.74, 6) is 1.40. The van der Waals surface area contributed by atoms with E-state index in [-0.39, 0.29) is 12.5 Å². The van der Waals surface area contributed by atoms with Crippen LogP contribution in [0.3, 0.4) is 0 Å². The molecule has 1 aliphatic rings. The van der Waals surface area contributed by atoms with Gasteiger partial charge in [0.1, 0.15) is 30.4 Å². The van der Waals surface area contributed by atoms with Crippen molar-refractivity contribution in [2.45, 2.75) is 27.3 Å². The van der Waals surface area contributed by atoms with Crippen molar-refractivity contribution in [3.63, 3.8) is 0 Å². The first kappa shape index (κ1) is 18.6. The maximum absolute atomic E-state index is 12.9. The Kier molecular flexibility index (Phi) is 4.24. The van der Waals surface area contributed by atoms with E-state index in [0.29, 0.717) is 41.9 Å². The standard InChI is InChI=1S/C20H19N5O4S/c1-10-11(2)30-19-17(10)18-23-24(20(27)25(18)12(3)21-19)9-16(26)22-13-4-5-14-15(8-13)29-7-6-28-14/h4-5,8H,6-7,9H2,1-3H3,(H,22,26). The minimum Gasteiger partial charge on any atom is -0.486 e. The summed E-state index contributed by atoms with van der Waals surface area (Å²) in [6, 6.07) is 5.18.